The number of nitrogens with one attached hydrogen (secondary N) is 1. The highest BCUT2D eigenvalue weighted by atomic mass is 35.5. The van der Waals surface area contributed by atoms with E-state index in [1.807, 2.05) is 0 Å². The standard InChI is InChI=1S/C16H17ClN2O4S2/c1-23-10-15(20)19-8-2-3-11-9-12(4-5-13(11)19)18-25(21,22)16-7-6-14(17)24-16/h4-7,9,18H,2-3,8,10H2,1H3. The van der Waals surface area contributed by atoms with Crippen molar-refractivity contribution in [1.82, 2.24) is 0 Å². The van der Waals surface area contributed by atoms with Crippen molar-refractivity contribution in [2.75, 3.05) is 29.9 Å². The maximum atomic E-state index is 12.4. The lowest BCUT2D eigenvalue weighted by Gasteiger charge is -2.29. The summed E-state index contributed by atoms with van der Waals surface area (Å²) in [6, 6.07) is 8.21. The molecule has 0 bridgehead atoms. The number of amides is 1. The Hall–Kier alpha value is -1.61. The van der Waals surface area contributed by atoms with Gasteiger partial charge in [0, 0.05) is 25.0 Å². The highest BCUT2D eigenvalue weighted by Crippen LogP contribution is 2.32. The van der Waals surface area contributed by atoms with E-state index in [-0.39, 0.29) is 16.7 Å². The molecular formula is C16H17ClN2O4S2. The number of anilines is 2. The van der Waals surface area contributed by atoms with Crippen molar-refractivity contribution in [2.45, 2.75) is 17.1 Å². The average Bonchev–Trinajstić information content (AvgIpc) is 3.01. The van der Waals surface area contributed by atoms with Crippen LogP contribution in [-0.2, 0) is 26.0 Å². The molecule has 0 unspecified atom stereocenters. The largest absolute Gasteiger partial charge is 0.375 e. The summed E-state index contributed by atoms with van der Waals surface area (Å²) < 4.78 is 32.9. The highest BCUT2D eigenvalue weighted by Gasteiger charge is 2.23. The van der Waals surface area contributed by atoms with Crippen LogP contribution in [-0.4, -0.2) is 34.6 Å². The van der Waals surface area contributed by atoms with Crippen LogP contribution in [0.25, 0.3) is 0 Å². The molecule has 134 valence electrons. The molecular weight excluding hydrogens is 384 g/mol. The molecule has 1 amide bonds. The van der Waals surface area contributed by atoms with Crippen molar-refractivity contribution in [1.29, 1.82) is 0 Å². The number of ether oxygens (including phenoxy) is 1. The number of benzene rings is 1. The molecule has 1 N–H and O–H groups in total. The Morgan fingerprint density at radius 2 is 2.16 bits per heavy atom. The van der Waals surface area contributed by atoms with Crippen molar-refractivity contribution in [3.63, 3.8) is 0 Å². The monoisotopic (exact) mass is 400 g/mol. The third kappa shape index (κ3) is 3.98. The lowest BCUT2D eigenvalue weighted by molar-refractivity contribution is -0.122. The molecule has 3 rings (SSSR count). The lowest BCUT2D eigenvalue weighted by atomic mass is 10.0. The minimum Gasteiger partial charge on any atom is -0.375 e. The summed E-state index contributed by atoms with van der Waals surface area (Å²) >= 11 is 6.81. The molecule has 0 saturated carbocycles. The Labute approximate surface area is 155 Å². The highest BCUT2D eigenvalue weighted by molar-refractivity contribution is 7.94. The third-order valence-electron chi connectivity index (χ3n) is 3.83. The summed E-state index contributed by atoms with van der Waals surface area (Å²) in [7, 11) is -2.19. The molecule has 25 heavy (non-hydrogen) atoms. The van der Waals surface area contributed by atoms with E-state index < -0.39 is 10.0 Å². The quantitative estimate of drug-likeness (QED) is 0.836. The number of sulfonamides is 1. The zero-order valence-electron chi connectivity index (χ0n) is 13.5. The molecule has 0 spiro atoms. The maximum Gasteiger partial charge on any atom is 0.271 e. The van der Waals surface area contributed by atoms with Gasteiger partial charge in [-0.1, -0.05) is 11.6 Å². The van der Waals surface area contributed by atoms with Gasteiger partial charge in [0.1, 0.15) is 10.8 Å². The van der Waals surface area contributed by atoms with Gasteiger partial charge in [-0.25, -0.2) is 8.42 Å². The molecule has 0 aliphatic carbocycles. The number of carbonyl (C=O) groups excluding carboxylic acids is 1. The SMILES string of the molecule is COCC(=O)N1CCCc2cc(NS(=O)(=O)c3ccc(Cl)s3)ccc21. The van der Waals surface area contributed by atoms with Crippen molar-refractivity contribution in [2.24, 2.45) is 0 Å². The van der Waals surface area contributed by atoms with E-state index in [2.05, 4.69) is 4.72 Å². The fraction of sp³-hybridized carbons (Fsp3) is 0.312. The predicted molar refractivity (Wildman–Crippen MR) is 99.1 cm³/mol. The molecule has 1 aliphatic heterocycles. The Balaban J connectivity index is 1.85. The number of nitrogens with zero attached hydrogens (tertiary/aromatic N) is 1. The van der Waals surface area contributed by atoms with Crippen LogP contribution in [0.15, 0.2) is 34.5 Å². The number of thiophene rings is 1. The van der Waals surface area contributed by atoms with Crippen molar-refractivity contribution >= 4 is 50.2 Å². The van der Waals surface area contributed by atoms with Gasteiger partial charge in [0.2, 0.25) is 0 Å². The third-order valence-corrected chi connectivity index (χ3v) is 6.94. The van der Waals surface area contributed by atoms with Crippen LogP contribution in [0.4, 0.5) is 11.4 Å². The van der Waals surface area contributed by atoms with E-state index in [1.165, 1.54) is 13.2 Å². The van der Waals surface area contributed by atoms with E-state index in [0.29, 0.717) is 16.6 Å². The van der Waals surface area contributed by atoms with E-state index in [1.54, 1.807) is 29.2 Å². The zero-order valence-corrected chi connectivity index (χ0v) is 15.9. The van der Waals surface area contributed by atoms with Gasteiger partial charge in [-0.3, -0.25) is 9.52 Å². The van der Waals surface area contributed by atoms with Gasteiger partial charge in [-0.15, -0.1) is 11.3 Å². The molecule has 9 heteroatoms. The Bertz CT molecular complexity index is 895. The maximum absolute atomic E-state index is 12.4. The lowest BCUT2D eigenvalue weighted by Crippen LogP contribution is -2.37. The first-order chi connectivity index (χ1) is 11.9. The number of fused-ring (bicyclic) bond motifs is 1. The van der Waals surface area contributed by atoms with Crippen LogP contribution >= 0.6 is 22.9 Å². The summed E-state index contributed by atoms with van der Waals surface area (Å²) in [4.78, 5) is 13.8. The second-order valence-corrected chi connectivity index (χ2v) is 9.21. The first kappa shape index (κ1) is 18.2. The summed E-state index contributed by atoms with van der Waals surface area (Å²) in [5.41, 5.74) is 2.19. The van der Waals surface area contributed by atoms with Gasteiger partial charge in [0.25, 0.3) is 15.9 Å². The second-order valence-electron chi connectivity index (χ2n) is 5.59. The molecule has 2 heterocycles. The van der Waals surface area contributed by atoms with Crippen molar-refractivity contribution in [3.05, 3.63) is 40.2 Å². The molecule has 2 aromatic rings. The van der Waals surface area contributed by atoms with Crippen molar-refractivity contribution < 1.29 is 17.9 Å². The molecule has 0 fully saturated rings. The molecule has 1 aliphatic rings. The Kier molecular flexibility index (Phi) is 5.33. The minimum absolute atomic E-state index is 0.0208. The number of rotatable bonds is 5. The topological polar surface area (TPSA) is 75.7 Å². The number of hydrogen-bond acceptors (Lipinski definition) is 5. The van der Waals surface area contributed by atoms with E-state index >= 15 is 0 Å². The van der Waals surface area contributed by atoms with E-state index in [9.17, 15) is 13.2 Å². The van der Waals surface area contributed by atoms with Gasteiger partial charge >= 0.3 is 0 Å². The van der Waals surface area contributed by atoms with Crippen LogP contribution < -0.4 is 9.62 Å². The van der Waals surface area contributed by atoms with Gasteiger partial charge in [-0.2, -0.15) is 0 Å². The number of hydrogen-bond donors (Lipinski definition) is 1. The van der Waals surface area contributed by atoms with Gasteiger partial charge < -0.3 is 9.64 Å². The first-order valence-electron chi connectivity index (χ1n) is 7.61. The summed E-state index contributed by atoms with van der Waals surface area (Å²) in [5.74, 6) is -0.106. The molecule has 6 nitrogen and oxygen atoms in total. The zero-order chi connectivity index (χ0) is 18.0. The number of carbonyl (C=O) groups is 1. The van der Waals surface area contributed by atoms with E-state index in [4.69, 9.17) is 16.3 Å². The van der Waals surface area contributed by atoms with Crippen LogP contribution in [0.2, 0.25) is 4.34 Å². The Morgan fingerprint density at radius 1 is 1.36 bits per heavy atom. The molecule has 0 saturated heterocycles. The fourth-order valence-electron chi connectivity index (χ4n) is 2.77. The Morgan fingerprint density at radius 3 is 2.84 bits per heavy atom. The number of aryl methyl sites for hydroxylation is 1. The minimum atomic E-state index is -3.67. The van der Waals surface area contributed by atoms with Crippen LogP contribution in [0, 0.1) is 0 Å². The predicted octanol–water partition coefficient (Wildman–Crippen LogP) is 3.13. The van der Waals surface area contributed by atoms with Gasteiger partial charge in [-0.05, 0) is 48.7 Å². The average molecular weight is 401 g/mol. The normalized spacial score (nSPS) is 14.2. The molecule has 0 atom stereocenters. The van der Waals surface area contributed by atoms with Gasteiger partial charge in [0.05, 0.1) is 4.34 Å². The smallest absolute Gasteiger partial charge is 0.271 e. The molecule has 1 aromatic heterocycles. The first-order valence-corrected chi connectivity index (χ1v) is 10.3. The second kappa shape index (κ2) is 7.33. The summed E-state index contributed by atoms with van der Waals surface area (Å²) in [5, 5.41) is 0. The van der Waals surface area contributed by atoms with Crippen LogP contribution in [0.3, 0.4) is 0 Å². The fourth-order valence-corrected chi connectivity index (χ4v) is 5.30. The molecule has 1 aromatic carbocycles. The van der Waals surface area contributed by atoms with Gasteiger partial charge in [0.15, 0.2) is 0 Å². The van der Waals surface area contributed by atoms with Crippen LogP contribution in [0.1, 0.15) is 12.0 Å². The van der Waals surface area contributed by atoms with Crippen molar-refractivity contribution in [3.8, 4) is 0 Å². The molecule has 0 radical (unpaired) electrons. The number of methoxy groups -OCH3 is 1. The number of halogens is 1. The summed E-state index contributed by atoms with van der Waals surface area (Å²) in [6.45, 7) is 0.654. The summed E-state index contributed by atoms with van der Waals surface area (Å²) in [6.07, 6.45) is 1.60. The van der Waals surface area contributed by atoms with E-state index in [0.717, 1.165) is 35.4 Å². The van der Waals surface area contributed by atoms with Crippen LogP contribution in [0.5, 0.6) is 0 Å².